The molecule has 3 aliphatic rings. The number of hydrogen-bond acceptors (Lipinski definition) is 6. The molecule has 3 heterocycles. The number of para-hydroxylation sites is 1. The van der Waals surface area contributed by atoms with Gasteiger partial charge in [-0.15, -0.1) is 0 Å². The van der Waals surface area contributed by atoms with Crippen LogP contribution in [0.3, 0.4) is 0 Å². The van der Waals surface area contributed by atoms with Crippen LogP contribution in [0.5, 0.6) is 0 Å². The van der Waals surface area contributed by atoms with Crippen LogP contribution in [-0.2, 0) is 14.3 Å². The van der Waals surface area contributed by atoms with Gasteiger partial charge in [0.1, 0.15) is 11.9 Å². The maximum atomic E-state index is 14.4. The first kappa shape index (κ1) is 25.6. The van der Waals surface area contributed by atoms with Gasteiger partial charge in [-0.1, -0.05) is 30.3 Å². The third-order valence-corrected chi connectivity index (χ3v) is 7.50. The van der Waals surface area contributed by atoms with E-state index >= 15 is 0 Å². The van der Waals surface area contributed by atoms with E-state index in [0.717, 1.165) is 13.1 Å². The van der Waals surface area contributed by atoms with Gasteiger partial charge in [0.15, 0.2) is 0 Å². The second-order valence-corrected chi connectivity index (χ2v) is 9.98. The summed E-state index contributed by atoms with van der Waals surface area (Å²) in [4.78, 5) is 32.1. The number of halogens is 1. The van der Waals surface area contributed by atoms with Crippen LogP contribution >= 0.6 is 0 Å². The van der Waals surface area contributed by atoms with Crippen molar-refractivity contribution in [1.29, 1.82) is 0 Å². The largest absolute Gasteiger partial charge is 0.389 e. The van der Waals surface area contributed by atoms with Crippen molar-refractivity contribution >= 4 is 17.5 Å². The highest BCUT2D eigenvalue weighted by atomic mass is 19.1. The van der Waals surface area contributed by atoms with E-state index in [1.807, 2.05) is 23.1 Å². The van der Waals surface area contributed by atoms with E-state index in [1.165, 1.54) is 28.8 Å². The second kappa shape index (κ2) is 11.6. The predicted molar refractivity (Wildman–Crippen MR) is 136 cm³/mol. The molecule has 8 nitrogen and oxygen atoms in total. The zero-order valence-corrected chi connectivity index (χ0v) is 20.9. The van der Waals surface area contributed by atoms with E-state index in [1.54, 1.807) is 6.07 Å². The second-order valence-electron chi connectivity index (χ2n) is 9.98. The van der Waals surface area contributed by atoms with Gasteiger partial charge in [0.05, 0.1) is 43.4 Å². The van der Waals surface area contributed by atoms with E-state index in [2.05, 4.69) is 17.0 Å². The fourth-order valence-corrected chi connectivity index (χ4v) is 5.54. The predicted octanol–water partition coefficient (Wildman–Crippen LogP) is 2.31. The number of amides is 2. The fraction of sp³-hybridized carbons (Fsp3) is 0.500. The van der Waals surface area contributed by atoms with E-state index < -0.39 is 23.9 Å². The first-order valence-electron chi connectivity index (χ1n) is 13.0. The molecular formula is C28H34FN3O5. The SMILES string of the molecule is O=C(C[C@H]1CC[C@H]2[C@@H](COC[C@H](O)CN2C(=O)c2ccccc2F)O1)N1CCN(c2ccccc2)CC1. The number of benzene rings is 2. The molecule has 2 aromatic carbocycles. The van der Waals surface area contributed by atoms with Crippen molar-refractivity contribution in [2.45, 2.75) is 43.6 Å². The highest BCUT2D eigenvalue weighted by molar-refractivity contribution is 5.94. The highest BCUT2D eigenvalue weighted by Gasteiger charge is 2.41. The van der Waals surface area contributed by atoms with Crippen LogP contribution in [0, 0.1) is 5.82 Å². The topological polar surface area (TPSA) is 82.5 Å². The summed E-state index contributed by atoms with van der Waals surface area (Å²) in [5.41, 5.74) is 1.14. The van der Waals surface area contributed by atoms with Crippen molar-refractivity contribution in [3.63, 3.8) is 0 Å². The average Bonchev–Trinajstić information content (AvgIpc) is 2.91. The molecule has 2 amide bonds. The van der Waals surface area contributed by atoms with Crippen molar-refractivity contribution in [2.24, 2.45) is 0 Å². The van der Waals surface area contributed by atoms with E-state index in [4.69, 9.17) is 9.47 Å². The number of aliphatic hydroxyl groups excluding tert-OH is 1. The minimum absolute atomic E-state index is 0.0260. The van der Waals surface area contributed by atoms with Crippen molar-refractivity contribution in [3.05, 3.63) is 66.0 Å². The minimum atomic E-state index is -0.870. The number of anilines is 1. The molecule has 0 aliphatic carbocycles. The molecule has 0 radical (unpaired) electrons. The monoisotopic (exact) mass is 511 g/mol. The summed E-state index contributed by atoms with van der Waals surface area (Å²) in [6.45, 7) is 3.19. The molecule has 0 saturated carbocycles. The van der Waals surface area contributed by atoms with Crippen molar-refractivity contribution in [3.8, 4) is 0 Å². The number of carbonyl (C=O) groups excluding carboxylic acids is 2. The molecule has 198 valence electrons. The number of hydrogen-bond donors (Lipinski definition) is 1. The number of rotatable bonds is 4. The van der Waals surface area contributed by atoms with Crippen LogP contribution in [0.2, 0.25) is 0 Å². The number of ether oxygens (including phenoxy) is 2. The maximum absolute atomic E-state index is 14.4. The molecule has 2 aromatic rings. The van der Waals surface area contributed by atoms with E-state index in [0.29, 0.717) is 25.9 Å². The minimum Gasteiger partial charge on any atom is -0.389 e. The van der Waals surface area contributed by atoms with Crippen LogP contribution in [0.1, 0.15) is 29.6 Å². The lowest BCUT2D eigenvalue weighted by Crippen LogP contribution is -2.58. The van der Waals surface area contributed by atoms with Crippen LogP contribution in [0.4, 0.5) is 10.1 Å². The molecule has 3 aliphatic heterocycles. The number of piperazine rings is 1. The number of fused-ring (bicyclic) bond motifs is 1. The molecule has 4 atom stereocenters. The van der Waals surface area contributed by atoms with Crippen molar-refractivity contribution in [2.75, 3.05) is 50.8 Å². The fourth-order valence-electron chi connectivity index (χ4n) is 5.54. The van der Waals surface area contributed by atoms with E-state index in [9.17, 15) is 19.1 Å². The lowest BCUT2D eigenvalue weighted by molar-refractivity contribution is -0.155. The number of nitrogens with zero attached hydrogens (tertiary/aromatic N) is 3. The third-order valence-electron chi connectivity index (χ3n) is 7.50. The van der Waals surface area contributed by atoms with Gasteiger partial charge in [-0.2, -0.15) is 0 Å². The molecule has 0 spiro atoms. The van der Waals surface area contributed by atoms with Crippen LogP contribution in [-0.4, -0.2) is 97.0 Å². The summed E-state index contributed by atoms with van der Waals surface area (Å²) in [5.74, 6) is -0.995. The Morgan fingerprint density at radius 1 is 0.946 bits per heavy atom. The lowest BCUT2D eigenvalue weighted by atomic mass is 9.94. The van der Waals surface area contributed by atoms with Crippen LogP contribution in [0.15, 0.2) is 54.6 Å². The maximum Gasteiger partial charge on any atom is 0.257 e. The first-order valence-corrected chi connectivity index (χ1v) is 13.0. The van der Waals surface area contributed by atoms with Crippen molar-refractivity contribution in [1.82, 2.24) is 9.80 Å². The number of β-amino-alcohol motifs (C(OH)–C–C–N with tert-alkyl or cyclic N) is 1. The molecule has 3 saturated heterocycles. The molecular weight excluding hydrogens is 477 g/mol. The van der Waals surface area contributed by atoms with Gasteiger partial charge in [0.2, 0.25) is 5.91 Å². The molecule has 0 bridgehead atoms. The lowest BCUT2D eigenvalue weighted by Gasteiger charge is -2.45. The molecule has 37 heavy (non-hydrogen) atoms. The Morgan fingerprint density at radius 3 is 2.43 bits per heavy atom. The summed E-state index contributed by atoms with van der Waals surface area (Å²) < 4.78 is 26.3. The summed E-state index contributed by atoms with van der Waals surface area (Å²) >= 11 is 0. The standard InChI is InChI=1S/C28H34FN3O5/c29-24-9-5-4-8-23(24)28(35)32-17-21(33)18-36-19-26-25(32)11-10-22(37-26)16-27(34)31-14-12-30(13-15-31)20-6-2-1-3-7-20/h1-9,21-22,25-26,33H,10-19H2/t21-,22-,25+,26-/m1/s1. The van der Waals surface area contributed by atoms with Gasteiger partial charge in [0.25, 0.3) is 5.91 Å². The smallest absolute Gasteiger partial charge is 0.257 e. The zero-order chi connectivity index (χ0) is 25.8. The Morgan fingerprint density at radius 2 is 1.68 bits per heavy atom. The zero-order valence-electron chi connectivity index (χ0n) is 20.9. The number of carbonyl (C=O) groups is 2. The van der Waals surface area contributed by atoms with Gasteiger partial charge in [0, 0.05) is 38.4 Å². The quantitative estimate of drug-likeness (QED) is 0.679. The molecule has 3 fully saturated rings. The molecule has 1 N–H and O–H groups in total. The van der Waals surface area contributed by atoms with Crippen molar-refractivity contribution < 1.29 is 28.6 Å². The Bertz CT molecular complexity index is 1080. The van der Waals surface area contributed by atoms with Gasteiger partial charge >= 0.3 is 0 Å². The summed E-state index contributed by atoms with van der Waals surface area (Å²) in [5, 5.41) is 10.3. The van der Waals surface area contributed by atoms with Gasteiger partial charge in [-0.05, 0) is 37.1 Å². The Kier molecular flexibility index (Phi) is 8.02. The Balaban J connectivity index is 1.20. The van der Waals surface area contributed by atoms with Gasteiger partial charge in [-0.25, -0.2) is 4.39 Å². The van der Waals surface area contributed by atoms with Gasteiger partial charge < -0.3 is 29.3 Å². The Labute approximate surface area is 216 Å². The Hall–Kier alpha value is -3.01. The average molecular weight is 512 g/mol. The summed E-state index contributed by atoms with van der Waals surface area (Å²) in [6.07, 6.45) is -0.151. The molecule has 5 rings (SSSR count). The summed E-state index contributed by atoms with van der Waals surface area (Å²) in [6, 6.07) is 15.7. The first-order chi connectivity index (χ1) is 18.0. The normalized spacial score (nSPS) is 26.7. The molecule has 0 aromatic heterocycles. The third kappa shape index (κ3) is 5.95. The number of aliphatic hydroxyl groups is 1. The molecule has 0 unspecified atom stereocenters. The van der Waals surface area contributed by atoms with Crippen LogP contribution in [0.25, 0.3) is 0 Å². The van der Waals surface area contributed by atoms with E-state index in [-0.39, 0.29) is 49.8 Å². The highest BCUT2D eigenvalue weighted by Crippen LogP contribution is 2.29. The van der Waals surface area contributed by atoms with Gasteiger partial charge in [-0.3, -0.25) is 9.59 Å². The molecule has 9 heteroatoms. The summed E-state index contributed by atoms with van der Waals surface area (Å²) in [7, 11) is 0. The van der Waals surface area contributed by atoms with Crippen LogP contribution < -0.4 is 4.90 Å².